The lowest BCUT2D eigenvalue weighted by molar-refractivity contribution is -0.118. The Kier molecular flexibility index (Phi) is 6.91. The average Bonchev–Trinajstić information content (AvgIpc) is 3.31. The highest BCUT2D eigenvalue weighted by atomic mass is 32.2. The molecule has 0 saturated carbocycles. The van der Waals surface area contributed by atoms with E-state index in [0.717, 1.165) is 10.4 Å². The lowest BCUT2D eigenvalue weighted by Crippen LogP contribution is -2.24. The Bertz CT molecular complexity index is 897. The number of carbonyl (C=O) groups is 2. The number of aromatic nitrogens is 2. The van der Waals surface area contributed by atoms with Gasteiger partial charge in [0.15, 0.2) is 4.34 Å². The Morgan fingerprint density at radius 2 is 1.93 bits per heavy atom. The van der Waals surface area contributed by atoms with Gasteiger partial charge in [-0.05, 0) is 29.1 Å². The zero-order valence-corrected chi connectivity index (χ0v) is 16.4. The van der Waals surface area contributed by atoms with Crippen LogP contribution in [-0.4, -0.2) is 27.8 Å². The summed E-state index contributed by atoms with van der Waals surface area (Å²) in [6, 6.07) is 9.75. The quantitative estimate of drug-likeness (QED) is 0.430. The molecule has 0 aliphatic rings. The molecule has 3 aromatic rings. The van der Waals surface area contributed by atoms with E-state index in [0.29, 0.717) is 22.4 Å². The Morgan fingerprint density at radius 1 is 1.11 bits per heavy atom. The molecule has 0 spiro atoms. The number of nitrogens with zero attached hydrogens (tertiary/aromatic N) is 2. The zero-order chi connectivity index (χ0) is 19.1. The summed E-state index contributed by atoms with van der Waals surface area (Å²) in [6.45, 7) is 0.333. The van der Waals surface area contributed by atoms with Crippen LogP contribution in [0.2, 0.25) is 0 Å². The summed E-state index contributed by atoms with van der Waals surface area (Å²) < 4.78 is 13.4. The maximum atomic E-state index is 12.8. The third-order valence-electron chi connectivity index (χ3n) is 3.30. The smallest absolute Gasteiger partial charge is 0.231 e. The van der Waals surface area contributed by atoms with Gasteiger partial charge in [-0.3, -0.25) is 9.59 Å². The highest BCUT2D eigenvalue weighted by molar-refractivity contribution is 8.01. The summed E-state index contributed by atoms with van der Waals surface area (Å²) in [5, 5.41) is 15.7. The molecular formula is C17H15FN4O2S3. The van der Waals surface area contributed by atoms with Gasteiger partial charge in [0.1, 0.15) is 5.82 Å². The van der Waals surface area contributed by atoms with E-state index in [4.69, 9.17) is 0 Å². The standard InChI is InChI=1S/C17H15FN4O2S3/c18-12-5-3-11(4-6-12)9-19-15(24)10-26-17-22-21-16(27-17)20-14(23)8-13-2-1-7-25-13/h1-7H,8-10H2,(H,19,24)(H,20,21,23). The van der Waals surface area contributed by atoms with Gasteiger partial charge in [0.25, 0.3) is 0 Å². The number of rotatable bonds is 8. The van der Waals surface area contributed by atoms with Crippen LogP contribution in [0, 0.1) is 5.82 Å². The first-order valence-electron chi connectivity index (χ1n) is 7.88. The summed E-state index contributed by atoms with van der Waals surface area (Å²) >= 11 is 3.99. The Morgan fingerprint density at radius 3 is 2.67 bits per heavy atom. The van der Waals surface area contributed by atoms with Crippen molar-refractivity contribution in [1.82, 2.24) is 15.5 Å². The number of thiophene rings is 1. The molecule has 2 heterocycles. The molecule has 0 unspecified atom stereocenters. The number of hydrogen-bond acceptors (Lipinski definition) is 7. The fourth-order valence-corrected chi connectivity index (χ4v) is 4.34. The molecule has 2 aromatic heterocycles. The number of anilines is 1. The topological polar surface area (TPSA) is 84.0 Å². The van der Waals surface area contributed by atoms with E-state index in [1.165, 1.54) is 46.6 Å². The number of benzene rings is 1. The van der Waals surface area contributed by atoms with Crippen molar-refractivity contribution in [3.63, 3.8) is 0 Å². The van der Waals surface area contributed by atoms with E-state index in [-0.39, 0.29) is 23.4 Å². The van der Waals surface area contributed by atoms with E-state index in [1.807, 2.05) is 17.5 Å². The van der Waals surface area contributed by atoms with Crippen molar-refractivity contribution in [2.75, 3.05) is 11.1 Å². The summed E-state index contributed by atoms with van der Waals surface area (Å²) in [5.74, 6) is -0.445. The van der Waals surface area contributed by atoms with E-state index in [2.05, 4.69) is 20.8 Å². The summed E-state index contributed by atoms with van der Waals surface area (Å²) in [7, 11) is 0. The van der Waals surface area contributed by atoms with Crippen LogP contribution in [0.25, 0.3) is 0 Å². The Labute approximate surface area is 167 Å². The van der Waals surface area contributed by atoms with Crippen LogP contribution in [0.3, 0.4) is 0 Å². The van der Waals surface area contributed by atoms with Gasteiger partial charge in [0.2, 0.25) is 16.9 Å². The minimum atomic E-state index is -0.310. The first kappa shape index (κ1) is 19.5. The van der Waals surface area contributed by atoms with Gasteiger partial charge in [-0.1, -0.05) is 41.3 Å². The van der Waals surface area contributed by atoms with Gasteiger partial charge in [0.05, 0.1) is 12.2 Å². The van der Waals surface area contributed by atoms with Crippen molar-refractivity contribution in [2.45, 2.75) is 17.3 Å². The molecule has 27 heavy (non-hydrogen) atoms. The molecule has 0 radical (unpaired) electrons. The van der Waals surface area contributed by atoms with Crippen LogP contribution in [0.15, 0.2) is 46.1 Å². The molecule has 0 bridgehead atoms. The van der Waals surface area contributed by atoms with Crippen LogP contribution in [0.5, 0.6) is 0 Å². The minimum absolute atomic E-state index is 0.151. The largest absolute Gasteiger partial charge is 0.351 e. The van der Waals surface area contributed by atoms with Crippen molar-refractivity contribution in [2.24, 2.45) is 0 Å². The van der Waals surface area contributed by atoms with Crippen LogP contribution in [0.4, 0.5) is 9.52 Å². The molecule has 0 atom stereocenters. The molecule has 2 N–H and O–H groups in total. The van der Waals surface area contributed by atoms with Crippen molar-refractivity contribution < 1.29 is 14.0 Å². The van der Waals surface area contributed by atoms with Crippen LogP contribution in [-0.2, 0) is 22.6 Å². The summed E-state index contributed by atoms with van der Waals surface area (Å²) in [5.41, 5.74) is 0.821. The van der Waals surface area contributed by atoms with E-state index in [1.54, 1.807) is 12.1 Å². The summed E-state index contributed by atoms with van der Waals surface area (Å²) in [4.78, 5) is 24.8. The fraction of sp³-hybridized carbons (Fsp3) is 0.176. The van der Waals surface area contributed by atoms with Crippen molar-refractivity contribution in [3.8, 4) is 0 Å². The number of thioether (sulfide) groups is 1. The van der Waals surface area contributed by atoms with Gasteiger partial charge < -0.3 is 10.6 Å². The molecular weight excluding hydrogens is 407 g/mol. The third kappa shape index (κ3) is 6.42. The maximum Gasteiger partial charge on any atom is 0.231 e. The SMILES string of the molecule is O=C(CSc1nnc(NC(=O)Cc2cccs2)s1)NCc1ccc(F)cc1. The number of carbonyl (C=O) groups excluding carboxylic acids is 2. The molecule has 0 fully saturated rings. The minimum Gasteiger partial charge on any atom is -0.351 e. The molecule has 0 aliphatic heterocycles. The monoisotopic (exact) mass is 422 g/mol. The van der Waals surface area contributed by atoms with Gasteiger partial charge in [-0.15, -0.1) is 21.5 Å². The molecule has 3 rings (SSSR count). The van der Waals surface area contributed by atoms with Crippen LogP contribution >= 0.6 is 34.4 Å². The van der Waals surface area contributed by atoms with Crippen LogP contribution < -0.4 is 10.6 Å². The number of halogens is 1. The number of amides is 2. The molecule has 10 heteroatoms. The molecule has 0 saturated heterocycles. The van der Waals surface area contributed by atoms with E-state index >= 15 is 0 Å². The van der Waals surface area contributed by atoms with Gasteiger partial charge >= 0.3 is 0 Å². The maximum absolute atomic E-state index is 12.8. The predicted molar refractivity (Wildman–Crippen MR) is 106 cm³/mol. The van der Waals surface area contributed by atoms with Crippen molar-refractivity contribution in [3.05, 3.63) is 58.0 Å². The number of hydrogen-bond donors (Lipinski definition) is 2. The van der Waals surface area contributed by atoms with Gasteiger partial charge in [0, 0.05) is 11.4 Å². The van der Waals surface area contributed by atoms with Crippen molar-refractivity contribution >= 4 is 51.4 Å². The molecule has 6 nitrogen and oxygen atoms in total. The molecule has 2 amide bonds. The number of nitrogens with one attached hydrogen (secondary N) is 2. The second-order valence-electron chi connectivity index (χ2n) is 5.37. The lowest BCUT2D eigenvalue weighted by Gasteiger charge is -2.04. The zero-order valence-electron chi connectivity index (χ0n) is 14.0. The predicted octanol–water partition coefficient (Wildman–Crippen LogP) is 3.33. The average molecular weight is 423 g/mol. The van der Waals surface area contributed by atoms with Gasteiger partial charge in [-0.25, -0.2) is 4.39 Å². The first-order chi connectivity index (χ1) is 13.1. The van der Waals surface area contributed by atoms with Crippen molar-refractivity contribution in [1.29, 1.82) is 0 Å². The fourth-order valence-electron chi connectivity index (χ4n) is 2.03. The second-order valence-corrected chi connectivity index (χ2v) is 8.60. The van der Waals surface area contributed by atoms with Gasteiger partial charge in [-0.2, -0.15) is 0 Å². The molecule has 0 aliphatic carbocycles. The second kappa shape index (κ2) is 9.58. The van der Waals surface area contributed by atoms with E-state index in [9.17, 15) is 14.0 Å². The highest BCUT2D eigenvalue weighted by Crippen LogP contribution is 2.25. The highest BCUT2D eigenvalue weighted by Gasteiger charge is 2.11. The third-order valence-corrected chi connectivity index (χ3v) is 6.15. The normalized spacial score (nSPS) is 10.6. The van der Waals surface area contributed by atoms with Crippen LogP contribution in [0.1, 0.15) is 10.4 Å². The summed E-state index contributed by atoms with van der Waals surface area (Å²) in [6.07, 6.45) is 0.297. The molecule has 1 aromatic carbocycles. The Balaban J connectivity index is 1.40. The molecule has 140 valence electrons. The van der Waals surface area contributed by atoms with E-state index < -0.39 is 0 Å². The lowest BCUT2D eigenvalue weighted by atomic mass is 10.2. The first-order valence-corrected chi connectivity index (χ1v) is 10.6. The Hall–Kier alpha value is -2.30.